The molecular weight excluding hydrogens is 918 g/mol. The average Bonchev–Trinajstić information content (AvgIpc) is 3.34. The van der Waals surface area contributed by atoms with Crippen molar-refractivity contribution >= 4 is 19.8 Å². The van der Waals surface area contributed by atoms with Gasteiger partial charge in [-0.15, -0.1) is 0 Å². The number of phosphoric ester groups is 1. The Balaban J connectivity index is 4.43. The summed E-state index contributed by atoms with van der Waals surface area (Å²) in [6, 6.07) is 0. The van der Waals surface area contributed by atoms with E-state index in [2.05, 4.69) is 172 Å². The van der Waals surface area contributed by atoms with Gasteiger partial charge in [0.1, 0.15) is 19.8 Å². The number of quaternary nitrogens is 1. The van der Waals surface area contributed by atoms with Crippen molar-refractivity contribution in [1.82, 2.24) is 0 Å². The molecule has 0 fully saturated rings. The van der Waals surface area contributed by atoms with Crippen LogP contribution in [0.4, 0.5) is 0 Å². The van der Waals surface area contributed by atoms with Gasteiger partial charge in [-0.1, -0.05) is 197 Å². The molecule has 72 heavy (non-hydrogen) atoms. The SMILES string of the molecule is CC/C=C\C/C=C\C/C=C\C/C=C\C/C=C\C/C=C\C/C=C\C/C=C\CCCCCCC(=O)OC(COC(=O)CC/C=C\C/C=C\C/C=C\C/C=C\C/C=C\C/C=C\CC)COP(=O)([O-])OCC[N+](C)(C)C. The van der Waals surface area contributed by atoms with E-state index in [0.717, 1.165) is 116 Å². The Hall–Kier alpha value is -4.63. The number of rotatable bonds is 46. The summed E-state index contributed by atoms with van der Waals surface area (Å²) >= 11 is 0. The number of likely N-dealkylation sites (N-methyl/N-ethyl adjacent to an activating group) is 1. The number of hydrogen-bond donors (Lipinski definition) is 0. The van der Waals surface area contributed by atoms with Crippen LogP contribution in [0.25, 0.3) is 0 Å². The summed E-state index contributed by atoms with van der Waals surface area (Å²) in [6.07, 6.45) is 78.4. The molecular formula is C62H96NO8P. The third kappa shape index (κ3) is 54.7. The van der Waals surface area contributed by atoms with Crippen molar-refractivity contribution in [2.75, 3.05) is 47.5 Å². The Kier molecular flexibility index (Phi) is 48.0. The molecule has 0 heterocycles. The van der Waals surface area contributed by atoms with Crippen LogP contribution in [0.3, 0.4) is 0 Å². The molecule has 0 aliphatic rings. The van der Waals surface area contributed by atoms with Gasteiger partial charge in [0.05, 0.1) is 27.7 Å². The number of hydrogen-bond acceptors (Lipinski definition) is 8. The second kappa shape index (κ2) is 51.3. The predicted molar refractivity (Wildman–Crippen MR) is 304 cm³/mol. The summed E-state index contributed by atoms with van der Waals surface area (Å²) in [5.41, 5.74) is 0. The maximum atomic E-state index is 12.8. The lowest BCUT2D eigenvalue weighted by Gasteiger charge is -2.28. The molecule has 0 saturated heterocycles. The lowest BCUT2D eigenvalue weighted by atomic mass is 10.1. The van der Waals surface area contributed by atoms with Crippen molar-refractivity contribution in [3.63, 3.8) is 0 Å². The Labute approximate surface area is 438 Å². The Morgan fingerprint density at radius 3 is 1.15 bits per heavy atom. The van der Waals surface area contributed by atoms with E-state index in [-0.39, 0.29) is 26.1 Å². The average molecular weight is 1010 g/mol. The van der Waals surface area contributed by atoms with E-state index in [0.29, 0.717) is 23.9 Å². The third-order valence-electron chi connectivity index (χ3n) is 10.2. The van der Waals surface area contributed by atoms with Crippen molar-refractivity contribution in [3.8, 4) is 0 Å². The fourth-order valence-electron chi connectivity index (χ4n) is 6.16. The lowest BCUT2D eigenvalue weighted by Crippen LogP contribution is -2.37. The van der Waals surface area contributed by atoms with E-state index in [4.69, 9.17) is 18.5 Å². The smallest absolute Gasteiger partial charge is 0.306 e. The molecule has 402 valence electrons. The third-order valence-corrected chi connectivity index (χ3v) is 11.2. The van der Waals surface area contributed by atoms with E-state index >= 15 is 0 Å². The van der Waals surface area contributed by atoms with E-state index in [1.165, 1.54) is 0 Å². The first-order valence-corrected chi connectivity index (χ1v) is 28.3. The summed E-state index contributed by atoms with van der Waals surface area (Å²) in [6.45, 7) is 3.85. The van der Waals surface area contributed by atoms with Crippen LogP contribution in [0.2, 0.25) is 0 Å². The number of unbranched alkanes of at least 4 members (excludes halogenated alkanes) is 4. The maximum Gasteiger partial charge on any atom is 0.306 e. The number of esters is 2. The fraction of sp³-hybridized carbons (Fsp3) is 0.516. The van der Waals surface area contributed by atoms with Crippen molar-refractivity contribution in [2.45, 2.75) is 161 Å². The van der Waals surface area contributed by atoms with E-state index in [1.54, 1.807) is 0 Å². The van der Waals surface area contributed by atoms with Gasteiger partial charge in [-0.05, 0) is 116 Å². The first-order chi connectivity index (χ1) is 35.0. The molecule has 0 aliphatic heterocycles. The van der Waals surface area contributed by atoms with Gasteiger partial charge in [-0.3, -0.25) is 14.2 Å². The van der Waals surface area contributed by atoms with E-state index in [1.807, 2.05) is 33.3 Å². The highest BCUT2D eigenvalue weighted by molar-refractivity contribution is 7.45. The second-order valence-electron chi connectivity index (χ2n) is 18.1. The molecule has 10 heteroatoms. The van der Waals surface area contributed by atoms with Crippen molar-refractivity contribution in [1.29, 1.82) is 0 Å². The van der Waals surface area contributed by atoms with E-state index in [9.17, 15) is 19.0 Å². The topological polar surface area (TPSA) is 111 Å². The molecule has 0 spiro atoms. The largest absolute Gasteiger partial charge is 0.756 e. The predicted octanol–water partition coefficient (Wildman–Crippen LogP) is 16.1. The van der Waals surface area contributed by atoms with Crippen LogP contribution >= 0.6 is 7.82 Å². The van der Waals surface area contributed by atoms with Gasteiger partial charge in [0.25, 0.3) is 7.82 Å². The van der Waals surface area contributed by atoms with Crippen LogP contribution in [0.15, 0.2) is 170 Å². The zero-order valence-corrected chi connectivity index (χ0v) is 46.2. The molecule has 0 aromatic carbocycles. The standard InChI is InChI=1S/C62H96NO8P/c1-6-8-10-12-14-16-18-20-22-24-26-27-28-29-30-31-32-33-34-35-37-39-41-43-45-47-49-51-53-55-62(65)71-60(59-70-72(66,67)69-57-56-63(3,4)5)58-68-61(64)54-52-50-48-46-44-42-40-38-36-25-23-21-19-17-15-13-11-9-7-2/h8-11,14-17,20-23,26-27,29-30,32-33,35-38,41-44,48,50,60H,6-7,12-13,18-19,24-25,28,31,34,39-40,45-47,49,51-59H2,1-5H3/b10-8-,11-9-,16-14-,17-15-,22-20-,23-21-,27-26-,30-29-,33-32-,37-35-,38-36-,43-41-,44-42-,50-48-. The molecule has 0 saturated carbocycles. The number of phosphoric acid groups is 1. The van der Waals surface area contributed by atoms with Gasteiger partial charge in [0.15, 0.2) is 6.10 Å². The van der Waals surface area contributed by atoms with Gasteiger partial charge in [-0.25, -0.2) is 0 Å². The van der Waals surface area contributed by atoms with Gasteiger partial charge in [0.2, 0.25) is 0 Å². The van der Waals surface area contributed by atoms with Crippen molar-refractivity contribution < 1.29 is 42.1 Å². The summed E-state index contributed by atoms with van der Waals surface area (Å²) < 4.78 is 33.9. The fourth-order valence-corrected chi connectivity index (χ4v) is 6.89. The second-order valence-corrected chi connectivity index (χ2v) is 19.5. The van der Waals surface area contributed by atoms with Crippen LogP contribution in [-0.4, -0.2) is 70.0 Å². The van der Waals surface area contributed by atoms with Crippen molar-refractivity contribution in [3.05, 3.63) is 170 Å². The normalized spacial score (nSPS) is 14.7. The summed E-state index contributed by atoms with van der Waals surface area (Å²) in [5, 5.41) is 0. The molecule has 2 atom stereocenters. The minimum absolute atomic E-state index is 0.0586. The van der Waals surface area contributed by atoms with Gasteiger partial charge in [-0.2, -0.15) is 0 Å². The molecule has 2 unspecified atom stereocenters. The van der Waals surface area contributed by atoms with Crippen LogP contribution in [0, 0.1) is 0 Å². The molecule has 0 bridgehead atoms. The van der Waals surface area contributed by atoms with Gasteiger partial charge < -0.3 is 27.9 Å². The molecule has 9 nitrogen and oxygen atoms in total. The Morgan fingerprint density at radius 1 is 0.431 bits per heavy atom. The maximum absolute atomic E-state index is 12.8. The highest BCUT2D eigenvalue weighted by Crippen LogP contribution is 2.38. The molecule has 0 N–H and O–H groups in total. The lowest BCUT2D eigenvalue weighted by molar-refractivity contribution is -0.870. The van der Waals surface area contributed by atoms with Gasteiger partial charge >= 0.3 is 11.9 Å². The summed E-state index contributed by atoms with van der Waals surface area (Å²) in [4.78, 5) is 37.7. The molecule has 0 aromatic heterocycles. The summed E-state index contributed by atoms with van der Waals surface area (Å²) in [7, 11) is 1.08. The zero-order chi connectivity index (χ0) is 52.7. The molecule has 0 aliphatic carbocycles. The monoisotopic (exact) mass is 1010 g/mol. The number of ether oxygens (including phenoxy) is 2. The molecule has 0 radical (unpaired) electrons. The van der Waals surface area contributed by atoms with Crippen LogP contribution < -0.4 is 4.89 Å². The van der Waals surface area contributed by atoms with E-state index < -0.39 is 32.5 Å². The first kappa shape index (κ1) is 67.4. The number of carbonyl (C=O) groups is 2. The first-order valence-electron chi connectivity index (χ1n) is 26.8. The number of carbonyl (C=O) groups excluding carboxylic acids is 2. The van der Waals surface area contributed by atoms with Crippen LogP contribution in [-0.2, 0) is 32.7 Å². The highest BCUT2D eigenvalue weighted by atomic mass is 31.2. The minimum Gasteiger partial charge on any atom is -0.756 e. The zero-order valence-electron chi connectivity index (χ0n) is 45.3. The quantitative estimate of drug-likeness (QED) is 0.0195. The highest BCUT2D eigenvalue weighted by Gasteiger charge is 2.21. The number of allylic oxidation sites excluding steroid dienone is 28. The summed E-state index contributed by atoms with van der Waals surface area (Å²) in [5.74, 6) is -0.980. The molecule has 0 aromatic rings. The molecule has 0 amide bonds. The molecule has 0 rings (SSSR count). The Bertz CT molecular complexity index is 1810. The van der Waals surface area contributed by atoms with Crippen molar-refractivity contribution in [2.24, 2.45) is 0 Å². The minimum atomic E-state index is -4.67. The van der Waals surface area contributed by atoms with Crippen LogP contribution in [0.1, 0.15) is 155 Å². The Morgan fingerprint density at radius 2 is 0.778 bits per heavy atom. The van der Waals surface area contributed by atoms with Gasteiger partial charge in [0, 0.05) is 12.8 Å². The van der Waals surface area contributed by atoms with Crippen LogP contribution in [0.5, 0.6) is 0 Å². The number of nitrogens with zero attached hydrogens (tertiary/aromatic N) is 1.